The molecule has 0 aliphatic rings. The first-order chi connectivity index (χ1) is 12.0. The van der Waals surface area contributed by atoms with E-state index >= 15 is 0 Å². The lowest BCUT2D eigenvalue weighted by molar-refractivity contribution is -0.121. The van der Waals surface area contributed by atoms with E-state index in [4.69, 9.17) is 40.2 Å². The van der Waals surface area contributed by atoms with Gasteiger partial charge in [0.15, 0.2) is 11.7 Å². The topological polar surface area (TPSA) is 79.5 Å². The van der Waals surface area contributed by atoms with Crippen LogP contribution in [0.15, 0.2) is 48.5 Å². The summed E-state index contributed by atoms with van der Waals surface area (Å²) in [6, 6.07) is 13.3. The summed E-state index contributed by atoms with van der Waals surface area (Å²) in [6.45, 7) is -0.219. The van der Waals surface area contributed by atoms with Gasteiger partial charge in [-0.3, -0.25) is 25.8 Å². The molecular formula is C16H13Cl2N3O3S. The van der Waals surface area contributed by atoms with Crippen LogP contribution in [0.25, 0.3) is 0 Å². The van der Waals surface area contributed by atoms with Crippen LogP contribution < -0.4 is 20.9 Å². The number of hydrogen-bond acceptors (Lipinski definition) is 4. The monoisotopic (exact) mass is 397 g/mol. The molecule has 2 aromatic rings. The number of hydrazine groups is 1. The summed E-state index contributed by atoms with van der Waals surface area (Å²) in [5.74, 6) is -0.443. The van der Waals surface area contributed by atoms with Gasteiger partial charge in [0.25, 0.3) is 11.8 Å². The van der Waals surface area contributed by atoms with Crippen molar-refractivity contribution < 1.29 is 14.3 Å². The molecule has 0 atom stereocenters. The van der Waals surface area contributed by atoms with Crippen molar-refractivity contribution in [2.24, 2.45) is 0 Å². The molecule has 2 amide bonds. The van der Waals surface area contributed by atoms with Crippen LogP contribution >= 0.6 is 35.4 Å². The van der Waals surface area contributed by atoms with E-state index in [2.05, 4.69) is 16.2 Å². The van der Waals surface area contributed by atoms with Crippen LogP contribution in [-0.2, 0) is 4.79 Å². The highest BCUT2D eigenvalue weighted by molar-refractivity contribution is 7.80. The second-order valence-corrected chi connectivity index (χ2v) is 5.93. The Hall–Kier alpha value is -2.35. The molecule has 6 nitrogen and oxygen atoms in total. The van der Waals surface area contributed by atoms with Crippen LogP contribution in [0.4, 0.5) is 0 Å². The number of halogens is 2. The highest BCUT2D eigenvalue weighted by atomic mass is 35.5. The molecule has 0 aliphatic carbocycles. The third-order valence-corrected chi connectivity index (χ3v) is 3.58. The van der Waals surface area contributed by atoms with Gasteiger partial charge in [0.2, 0.25) is 0 Å². The molecule has 130 valence electrons. The second-order valence-electron chi connectivity index (χ2n) is 4.68. The van der Waals surface area contributed by atoms with E-state index in [-0.39, 0.29) is 22.3 Å². The maximum atomic E-state index is 12.0. The van der Waals surface area contributed by atoms with E-state index in [1.54, 1.807) is 24.3 Å². The molecule has 2 rings (SSSR count). The van der Waals surface area contributed by atoms with Crippen molar-refractivity contribution in [2.75, 3.05) is 6.61 Å². The van der Waals surface area contributed by atoms with Crippen molar-refractivity contribution in [2.45, 2.75) is 0 Å². The number of ether oxygens (including phenoxy) is 1. The molecule has 0 spiro atoms. The molecule has 0 unspecified atom stereocenters. The van der Waals surface area contributed by atoms with Crippen molar-refractivity contribution >= 4 is 52.3 Å². The smallest absolute Gasteiger partial charge is 0.271 e. The number of nitrogens with one attached hydrogen (secondary N) is 3. The third kappa shape index (κ3) is 6.22. The van der Waals surface area contributed by atoms with Gasteiger partial charge >= 0.3 is 0 Å². The molecular weight excluding hydrogens is 385 g/mol. The Bertz CT molecular complexity index is 787. The van der Waals surface area contributed by atoms with Crippen LogP contribution in [0, 0.1) is 0 Å². The molecule has 0 saturated heterocycles. The molecule has 0 bridgehead atoms. The van der Waals surface area contributed by atoms with Gasteiger partial charge in [-0.25, -0.2) is 0 Å². The minimum atomic E-state index is -0.529. The van der Waals surface area contributed by atoms with Gasteiger partial charge in [0.05, 0.1) is 10.6 Å². The Morgan fingerprint density at radius 1 is 1.04 bits per heavy atom. The first-order valence-electron chi connectivity index (χ1n) is 6.99. The number of para-hydroxylation sites is 1. The van der Waals surface area contributed by atoms with Crippen molar-refractivity contribution in [3.63, 3.8) is 0 Å². The molecule has 0 heterocycles. The van der Waals surface area contributed by atoms with E-state index < -0.39 is 11.8 Å². The number of hydrogen-bond donors (Lipinski definition) is 3. The highest BCUT2D eigenvalue weighted by Crippen LogP contribution is 2.20. The standard InChI is InChI=1S/C16H13Cl2N3O3S/c17-10-6-7-12(13(18)8-10)15(23)20-21-16(25)19-14(22)9-24-11-4-2-1-3-5-11/h1-8H,9H2,(H,20,23)(H2,19,21,22,25). The summed E-state index contributed by atoms with van der Waals surface area (Å²) >= 11 is 16.6. The lowest BCUT2D eigenvalue weighted by atomic mass is 10.2. The molecule has 0 radical (unpaired) electrons. The largest absolute Gasteiger partial charge is 0.484 e. The van der Waals surface area contributed by atoms with E-state index in [0.29, 0.717) is 10.8 Å². The summed E-state index contributed by atoms with van der Waals surface area (Å²) < 4.78 is 5.27. The fraction of sp³-hybridized carbons (Fsp3) is 0.0625. The normalized spacial score (nSPS) is 9.84. The molecule has 9 heteroatoms. The summed E-state index contributed by atoms with van der Waals surface area (Å²) in [5.41, 5.74) is 4.94. The Kier molecular flexibility index (Phi) is 7.00. The zero-order valence-electron chi connectivity index (χ0n) is 12.7. The van der Waals surface area contributed by atoms with Gasteiger partial charge in [-0.15, -0.1) is 0 Å². The Morgan fingerprint density at radius 3 is 2.44 bits per heavy atom. The van der Waals surface area contributed by atoms with Gasteiger partial charge < -0.3 is 4.74 Å². The van der Waals surface area contributed by atoms with Crippen LogP contribution in [0.1, 0.15) is 10.4 Å². The number of rotatable bonds is 4. The summed E-state index contributed by atoms with van der Waals surface area (Å²) in [7, 11) is 0. The number of amides is 2. The van der Waals surface area contributed by atoms with E-state index in [1.807, 2.05) is 6.07 Å². The zero-order chi connectivity index (χ0) is 18.2. The van der Waals surface area contributed by atoms with Gasteiger partial charge in [-0.1, -0.05) is 41.4 Å². The molecule has 0 aliphatic heterocycles. The average molecular weight is 398 g/mol. The quantitative estimate of drug-likeness (QED) is 0.545. The fourth-order valence-corrected chi connectivity index (χ4v) is 2.37. The molecule has 3 N–H and O–H groups in total. The van der Waals surface area contributed by atoms with Crippen molar-refractivity contribution in [1.82, 2.24) is 16.2 Å². The average Bonchev–Trinajstić information content (AvgIpc) is 2.59. The van der Waals surface area contributed by atoms with E-state index in [1.165, 1.54) is 18.2 Å². The lowest BCUT2D eigenvalue weighted by Crippen LogP contribution is -2.49. The van der Waals surface area contributed by atoms with Crippen LogP contribution in [0.3, 0.4) is 0 Å². The molecule has 0 fully saturated rings. The second kappa shape index (κ2) is 9.22. The van der Waals surface area contributed by atoms with Crippen molar-refractivity contribution in [3.05, 3.63) is 64.1 Å². The van der Waals surface area contributed by atoms with Gasteiger partial charge in [0, 0.05) is 5.02 Å². The minimum absolute atomic E-state index is 0.0832. The first-order valence-corrected chi connectivity index (χ1v) is 8.15. The summed E-state index contributed by atoms with van der Waals surface area (Å²) in [5, 5.41) is 2.89. The predicted molar refractivity (Wildman–Crippen MR) is 99.7 cm³/mol. The van der Waals surface area contributed by atoms with E-state index in [9.17, 15) is 9.59 Å². The maximum absolute atomic E-state index is 12.0. The highest BCUT2D eigenvalue weighted by Gasteiger charge is 2.11. The maximum Gasteiger partial charge on any atom is 0.271 e. The Morgan fingerprint density at radius 2 is 1.76 bits per heavy atom. The number of carbonyl (C=O) groups is 2. The van der Waals surface area contributed by atoms with Crippen molar-refractivity contribution in [3.8, 4) is 5.75 Å². The summed E-state index contributed by atoms with van der Waals surface area (Å²) in [4.78, 5) is 23.7. The molecule has 0 saturated carbocycles. The molecule has 25 heavy (non-hydrogen) atoms. The van der Waals surface area contributed by atoms with Crippen LogP contribution in [0.2, 0.25) is 10.0 Å². The van der Waals surface area contributed by atoms with Crippen molar-refractivity contribution in [1.29, 1.82) is 0 Å². The van der Waals surface area contributed by atoms with Crippen LogP contribution in [-0.4, -0.2) is 23.5 Å². The Labute approximate surface area is 159 Å². The van der Waals surface area contributed by atoms with Gasteiger partial charge in [-0.05, 0) is 42.5 Å². The number of carbonyl (C=O) groups excluding carboxylic acids is 2. The van der Waals surface area contributed by atoms with E-state index in [0.717, 1.165) is 0 Å². The predicted octanol–water partition coefficient (Wildman–Crippen LogP) is 2.71. The first kappa shape index (κ1) is 19.0. The number of thiocarbonyl (C=S) groups is 1. The van der Waals surface area contributed by atoms with Gasteiger partial charge in [-0.2, -0.15) is 0 Å². The van der Waals surface area contributed by atoms with Crippen LogP contribution in [0.5, 0.6) is 5.75 Å². The molecule has 0 aromatic heterocycles. The SMILES string of the molecule is O=C(COc1ccccc1)NC(=S)NNC(=O)c1ccc(Cl)cc1Cl. The molecule has 2 aromatic carbocycles. The number of benzene rings is 2. The Balaban J connectivity index is 1.76. The zero-order valence-corrected chi connectivity index (χ0v) is 15.0. The summed E-state index contributed by atoms with van der Waals surface area (Å²) in [6.07, 6.45) is 0. The minimum Gasteiger partial charge on any atom is -0.484 e. The lowest BCUT2D eigenvalue weighted by Gasteiger charge is -2.12. The fourth-order valence-electron chi connectivity index (χ4n) is 1.71. The van der Waals surface area contributed by atoms with Gasteiger partial charge in [0.1, 0.15) is 5.75 Å². The third-order valence-electron chi connectivity index (χ3n) is 2.83.